The number of alkyl halides is 2. The highest BCUT2D eigenvalue weighted by molar-refractivity contribution is 6.30. The van der Waals surface area contributed by atoms with Gasteiger partial charge in [-0.1, -0.05) is 18.5 Å². The average Bonchev–Trinajstić information content (AvgIpc) is 2.76. The van der Waals surface area contributed by atoms with E-state index in [0.29, 0.717) is 5.02 Å². The number of allylic oxidation sites excluding steroid dienone is 1. The number of carbonyl (C=O) groups excluding carboxylic acids is 1. The van der Waals surface area contributed by atoms with Crippen LogP contribution in [0.2, 0.25) is 5.02 Å². The molecule has 0 spiro atoms. The van der Waals surface area contributed by atoms with Crippen LogP contribution in [0.5, 0.6) is 0 Å². The molecule has 0 saturated carbocycles. The Morgan fingerprint density at radius 2 is 2.00 bits per heavy atom. The summed E-state index contributed by atoms with van der Waals surface area (Å²) in [5, 5.41) is 3.35. The number of carbonyl (C=O) groups is 1. The van der Waals surface area contributed by atoms with Crippen molar-refractivity contribution in [3.63, 3.8) is 0 Å². The van der Waals surface area contributed by atoms with Crippen molar-refractivity contribution in [2.24, 2.45) is 16.6 Å². The van der Waals surface area contributed by atoms with Crippen molar-refractivity contribution in [3.05, 3.63) is 47.4 Å². The molecule has 1 aliphatic rings. The molecule has 1 aliphatic heterocycles. The highest BCUT2D eigenvalue weighted by Gasteiger charge is 2.46. The number of hydrogen-bond acceptors (Lipinski definition) is 8. The predicted octanol–water partition coefficient (Wildman–Crippen LogP) is 2.27. The molecule has 2 aromatic heterocycles. The Hall–Kier alpha value is -3.21. The molecule has 2 aromatic rings. The lowest BCUT2D eigenvalue weighted by Crippen LogP contribution is -2.58. The van der Waals surface area contributed by atoms with Gasteiger partial charge in [0, 0.05) is 38.6 Å². The van der Waals surface area contributed by atoms with Crippen LogP contribution in [0.3, 0.4) is 0 Å². The molecular weight excluding hydrogens is 442 g/mol. The lowest BCUT2D eigenvalue weighted by Gasteiger charge is -2.43. The molecule has 9 nitrogen and oxygen atoms in total. The van der Waals surface area contributed by atoms with Gasteiger partial charge in [0.25, 0.3) is 11.8 Å². The van der Waals surface area contributed by atoms with E-state index in [1.165, 1.54) is 38.0 Å². The number of anilines is 1. The van der Waals surface area contributed by atoms with Crippen molar-refractivity contribution < 1.29 is 13.6 Å². The lowest BCUT2D eigenvalue weighted by molar-refractivity contribution is -0.148. The molecule has 0 aliphatic carbocycles. The number of halogens is 3. The fourth-order valence-corrected chi connectivity index (χ4v) is 3.66. The van der Waals surface area contributed by atoms with Crippen molar-refractivity contribution in [2.45, 2.75) is 25.3 Å². The van der Waals surface area contributed by atoms with Crippen LogP contribution in [0.1, 0.15) is 19.2 Å². The van der Waals surface area contributed by atoms with E-state index in [-0.39, 0.29) is 36.0 Å². The molecule has 1 saturated heterocycles. The van der Waals surface area contributed by atoms with Crippen LogP contribution < -0.4 is 11.1 Å². The summed E-state index contributed by atoms with van der Waals surface area (Å²) in [5.74, 6) is -3.88. The molecular formula is C20H23ClF2N8O. The van der Waals surface area contributed by atoms with Crippen LogP contribution in [-0.4, -0.2) is 69.1 Å². The van der Waals surface area contributed by atoms with Gasteiger partial charge in [-0.15, -0.1) is 0 Å². The Bertz CT molecular complexity index is 1000. The molecule has 0 aromatic carbocycles. The maximum atomic E-state index is 14.4. The fourth-order valence-electron chi connectivity index (χ4n) is 3.56. The molecule has 0 bridgehead atoms. The first-order valence-corrected chi connectivity index (χ1v) is 10.2. The number of hydrogen-bond donors (Lipinski definition) is 2. The number of amides is 1. The Balaban J connectivity index is 1.91. The number of aliphatic imine (C=N–C) groups is 1. The van der Waals surface area contributed by atoms with Gasteiger partial charge in [-0.2, -0.15) is 0 Å². The molecule has 1 amide bonds. The summed E-state index contributed by atoms with van der Waals surface area (Å²) in [7, 11) is 1.50. The molecule has 3 rings (SSSR count). The Labute approximate surface area is 188 Å². The molecule has 3 N–H and O–H groups in total. The molecule has 32 heavy (non-hydrogen) atoms. The van der Waals surface area contributed by atoms with Crippen LogP contribution >= 0.6 is 11.6 Å². The highest BCUT2D eigenvalue weighted by atomic mass is 35.5. The maximum absolute atomic E-state index is 14.4. The van der Waals surface area contributed by atoms with E-state index in [2.05, 4.69) is 30.2 Å². The van der Waals surface area contributed by atoms with E-state index in [1.807, 2.05) is 0 Å². The van der Waals surface area contributed by atoms with Gasteiger partial charge >= 0.3 is 0 Å². The molecule has 0 radical (unpaired) electrons. The first kappa shape index (κ1) is 23.5. The minimum atomic E-state index is -3.05. The minimum Gasteiger partial charge on any atom is -0.394 e. The van der Waals surface area contributed by atoms with Crippen molar-refractivity contribution in [2.75, 3.05) is 25.5 Å². The van der Waals surface area contributed by atoms with E-state index in [9.17, 15) is 13.6 Å². The van der Waals surface area contributed by atoms with Crippen molar-refractivity contribution in [3.8, 4) is 0 Å². The Morgan fingerprint density at radius 3 is 2.62 bits per heavy atom. The van der Waals surface area contributed by atoms with Crippen molar-refractivity contribution >= 4 is 35.2 Å². The van der Waals surface area contributed by atoms with E-state index in [4.69, 9.17) is 17.3 Å². The third kappa shape index (κ3) is 5.52. The molecule has 170 valence electrons. The SMILES string of the molecule is CN=CC(=C(N)C(=O)N1CC(F)(F)C[C@@H](C)C1CNc1ncc(Cl)cn1)c1ncccn1. The van der Waals surface area contributed by atoms with Crippen LogP contribution in [0.4, 0.5) is 14.7 Å². The highest BCUT2D eigenvalue weighted by Crippen LogP contribution is 2.35. The molecule has 12 heteroatoms. The summed E-state index contributed by atoms with van der Waals surface area (Å²) in [5.41, 5.74) is 6.04. The van der Waals surface area contributed by atoms with E-state index >= 15 is 0 Å². The van der Waals surface area contributed by atoms with Crippen LogP contribution in [0.25, 0.3) is 5.57 Å². The zero-order chi connectivity index (χ0) is 23.3. The molecule has 2 atom stereocenters. The first-order valence-electron chi connectivity index (χ1n) is 9.81. The standard InChI is InChI=1S/C20H23ClF2N8O/c1-12-6-20(22,23)11-31(15(12)10-30-19-28-7-13(21)8-29-19)18(32)16(24)14(9-25-2)17-26-4-3-5-27-17/h3-5,7-9,12,15H,6,10-11,24H2,1-2H3,(H,28,29,30)/t12-,15?/m1/s1. The average molecular weight is 465 g/mol. The van der Waals surface area contributed by atoms with Gasteiger partial charge < -0.3 is 16.0 Å². The smallest absolute Gasteiger partial charge is 0.271 e. The summed E-state index contributed by atoms with van der Waals surface area (Å²) in [6.07, 6.45) is 6.77. The summed E-state index contributed by atoms with van der Waals surface area (Å²) in [4.78, 5) is 34.6. The fraction of sp³-hybridized carbons (Fsp3) is 0.400. The zero-order valence-corrected chi connectivity index (χ0v) is 18.3. The van der Waals surface area contributed by atoms with Crippen LogP contribution in [0, 0.1) is 5.92 Å². The van der Waals surface area contributed by atoms with E-state index in [0.717, 1.165) is 4.90 Å². The number of piperidine rings is 1. The number of nitrogens with two attached hydrogens (primary N) is 1. The van der Waals surface area contributed by atoms with Gasteiger partial charge in [0.05, 0.1) is 35.6 Å². The Kier molecular flexibility index (Phi) is 7.29. The van der Waals surface area contributed by atoms with Gasteiger partial charge in [0.1, 0.15) is 5.70 Å². The third-order valence-electron chi connectivity index (χ3n) is 5.02. The summed E-state index contributed by atoms with van der Waals surface area (Å²) < 4.78 is 28.8. The number of nitrogens with zero attached hydrogens (tertiary/aromatic N) is 6. The molecule has 3 heterocycles. The zero-order valence-electron chi connectivity index (χ0n) is 17.5. The predicted molar refractivity (Wildman–Crippen MR) is 117 cm³/mol. The minimum absolute atomic E-state index is 0.150. The quantitative estimate of drug-likeness (QED) is 0.496. The largest absolute Gasteiger partial charge is 0.394 e. The number of aromatic nitrogens is 4. The summed E-state index contributed by atoms with van der Waals surface area (Å²) >= 11 is 5.79. The summed E-state index contributed by atoms with van der Waals surface area (Å²) in [6.45, 7) is 1.05. The molecule has 1 unspecified atom stereocenters. The molecule has 1 fully saturated rings. The van der Waals surface area contributed by atoms with Gasteiger partial charge in [-0.25, -0.2) is 28.7 Å². The van der Waals surface area contributed by atoms with Crippen molar-refractivity contribution in [1.82, 2.24) is 24.8 Å². The van der Waals surface area contributed by atoms with Gasteiger partial charge in [0.15, 0.2) is 5.82 Å². The number of nitrogens with one attached hydrogen (secondary N) is 1. The third-order valence-corrected chi connectivity index (χ3v) is 5.21. The lowest BCUT2D eigenvalue weighted by atomic mass is 9.88. The topological polar surface area (TPSA) is 122 Å². The van der Waals surface area contributed by atoms with Crippen LogP contribution in [0.15, 0.2) is 41.5 Å². The summed E-state index contributed by atoms with van der Waals surface area (Å²) in [6, 6.07) is 1.02. The second-order valence-corrected chi connectivity index (χ2v) is 7.87. The van der Waals surface area contributed by atoms with Crippen molar-refractivity contribution in [1.29, 1.82) is 0 Å². The normalized spacial score (nSPS) is 21.3. The number of rotatable bonds is 6. The first-order chi connectivity index (χ1) is 15.2. The van der Waals surface area contributed by atoms with Gasteiger partial charge in [0.2, 0.25) is 5.95 Å². The maximum Gasteiger partial charge on any atom is 0.271 e. The van der Waals surface area contributed by atoms with Gasteiger partial charge in [-0.3, -0.25) is 9.79 Å². The monoisotopic (exact) mass is 464 g/mol. The van der Waals surface area contributed by atoms with E-state index in [1.54, 1.807) is 13.0 Å². The number of likely N-dealkylation sites (tertiary alicyclic amines) is 1. The second-order valence-electron chi connectivity index (χ2n) is 7.43. The van der Waals surface area contributed by atoms with E-state index < -0.39 is 30.3 Å². The Morgan fingerprint density at radius 1 is 1.34 bits per heavy atom. The van der Waals surface area contributed by atoms with Crippen LogP contribution in [-0.2, 0) is 4.79 Å². The second kappa shape index (κ2) is 9.94. The van der Waals surface area contributed by atoms with Gasteiger partial charge in [-0.05, 0) is 12.0 Å².